The number of methoxy groups -OCH3 is 1. The summed E-state index contributed by atoms with van der Waals surface area (Å²) in [4.78, 5) is 0. The van der Waals surface area contributed by atoms with Crippen LogP contribution >= 0.6 is 11.6 Å². The van der Waals surface area contributed by atoms with E-state index in [0.717, 1.165) is 12.1 Å². The van der Waals surface area contributed by atoms with Crippen LogP contribution in [0.5, 0.6) is 5.75 Å². The normalized spacial score (nSPS) is 31.8. The molecule has 5 atom stereocenters. The molecule has 0 spiro atoms. The molecule has 2 aromatic rings. The van der Waals surface area contributed by atoms with Gasteiger partial charge in [0.1, 0.15) is 24.4 Å². The molecule has 31 heavy (non-hydrogen) atoms. The van der Waals surface area contributed by atoms with E-state index in [1.165, 1.54) is 31.4 Å². The minimum absolute atomic E-state index is 0.0422. The molecule has 1 heterocycles. The Morgan fingerprint density at radius 2 is 2.00 bits per heavy atom. The summed E-state index contributed by atoms with van der Waals surface area (Å²) in [5.41, 5.74) is 0.995. The van der Waals surface area contributed by atoms with E-state index in [1.54, 1.807) is 0 Å². The molecule has 3 rings (SSSR count). The van der Waals surface area contributed by atoms with E-state index in [4.69, 9.17) is 32.7 Å². The lowest BCUT2D eigenvalue weighted by atomic mass is 9.87. The molecule has 0 radical (unpaired) electrons. The van der Waals surface area contributed by atoms with E-state index in [2.05, 4.69) is 0 Å². The van der Waals surface area contributed by atoms with Crippen molar-refractivity contribution in [1.29, 1.82) is 0 Å². The molecule has 4 N–H and O–H groups in total. The van der Waals surface area contributed by atoms with Crippen LogP contribution in [0.1, 0.15) is 30.4 Å². The lowest BCUT2D eigenvalue weighted by Gasteiger charge is -2.47. The van der Waals surface area contributed by atoms with Crippen LogP contribution in [-0.4, -0.2) is 65.1 Å². The van der Waals surface area contributed by atoms with Crippen molar-refractivity contribution in [1.82, 2.24) is 0 Å². The predicted molar refractivity (Wildman–Crippen MR) is 110 cm³/mol. The maximum Gasteiger partial charge on any atom is 0.224 e. The number of hydrogen-bond acceptors (Lipinski definition) is 7. The van der Waals surface area contributed by atoms with Gasteiger partial charge in [-0.1, -0.05) is 23.7 Å². The summed E-state index contributed by atoms with van der Waals surface area (Å²) in [5, 5.41) is 40.9. The average Bonchev–Trinajstić information content (AvgIpc) is 2.80. The number of aliphatic hydroxyl groups excluding tert-OH is 4. The third-order valence-corrected chi connectivity index (χ3v) is 5.62. The molecule has 1 aliphatic rings. The van der Waals surface area contributed by atoms with Crippen LogP contribution in [0.3, 0.4) is 0 Å². The second kappa shape index (κ2) is 9.79. The van der Waals surface area contributed by atoms with Gasteiger partial charge in [-0.2, -0.15) is 0 Å². The Bertz CT molecular complexity index is 1090. The molecule has 0 unspecified atom stereocenters. The Labute approximate surface area is 191 Å². The van der Waals surface area contributed by atoms with Gasteiger partial charge in [0.2, 0.25) is 5.79 Å². The summed E-state index contributed by atoms with van der Waals surface area (Å²) >= 11 is 6.32. The van der Waals surface area contributed by atoms with Crippen molar-refractivity contribution in [3.63, 3.8) is 0 Å². The van der Waals surface area contributed by atoms with Gasteiger partial charge in [0.05, 0.1) is 15.9 Å². The first-order chi connectivity index (χ1) is 16.7. The fourth-order valence-corrected chi connectivity index (χ4v) is 3.79. The van der Waals surface area contributed by atoms with E-state index in [9.17, 15) is 24.8 Å². The highest BCUT2D eigenvalue weighted by molar-refractivity contribution is 6.31. The lowest BCUT2D eigenvalue weighted by Crippen LogP contribution is -2.64. The largest absolute Gasteiger partial charge is 0.491 e. The van der Waals surface area contributed by atoms with Crippen LogP contribution in [0.4, 0.5) is 4.39 Å². The molecule has 2 aromatic carbocycles. The fourth-order valence-electron chi connectivity index (χ4n) is 3.61. The van der Waals surface area contributed by atoms with Crippen LogP contribution in [-0.2, 0) is 21.7 Å². The molecule has 1 saturated heterocycles. The average molecular weight is 462 g/mol. The van der Waals surface area contributed by atoms with Gasteiger partial charge in [-0.05, 0) is 48.7 Å². The summed E-state index contributed by atoms with van der Waals surface area (Å²) in [6, 6.07) is 7.95. The Morgan fingerprint density at radius 3 is 2.65 bits per heavy atom. The van der Waals surface area contributed by atoms with Gasteiger partial charge in [0, 0.05) is 21.8 Å². The van der Waals surface area contributed by atoms with E-state index in [-0.39, 0.29) is 17.0 Å². The number of ether oxygens (including phenoxy) is 3. The molecule has 0 amide bonds. The molecule has 7 nitrogen and oxygen atoms in total. The van der Waals surface area contributed by atoms with E-state index in [0.29, 0.717) is 11.1 Å². The molecule has 170 valence electrons. The van der Waals surface area contributed by atoms with Crippen molar-refractivity contribution in [3.05, 3.63) is 63.9 Å². The Kier molecular flexibility index (Phi) is 5.60. The third-order valence-electron chi connectivity index (χ3n) is 5.25. The molecule has 0 aromatic heterocycles. The standard InChI is InChI=1S/C22H26ClFO7/c1-3-30-17-7-4-12(9-16(17)24)8-13-10-14(5-6-15(13)23)22(29-2)21(28)20(27)19(26)18(11-25)31-22/h4-7,9-10,18-21,25-28H,3,8,11H2,1-2H3/t18-,19-,20+,21-,22+/m1/s1/i1D3,3D2. The van der Waals surface area contributed by atoms with Crippen LogP contribution < -0.4 is 4.74 Å². The minimum Gasteiger partial charge on any atom is -0.491 e. The first kappa shape index (κ1) is 17.7. The summed E-state index contributed by atoms with van der Waals surface area (Å²) in [6.07, 6.45) is -6.23. The number of benzene rings is 2. The van der Waals surface area contributed by atoms with Crippen LogP contribution in [0.15, 0.2) is 36.4 Å². The quantitative estimate of drug-likeness (QED) is 0.497. The number of hydrogen-bond donors (Lipinski definition) is 4. The number of aliphatic hydroxyl groups is 4. The van der Waals surface area contributed by atoms with Crippen molar-refractivity contribution in [3.8, 4) is 5.75 Å². The van der Waals surface area contributed by atoms with Crippen molar-refractivity contribution in [2.75, 3.05) is 20.3 Å². The van der Waals surface area contributed by atoms with Crippen molar-refractivity contribution >= 4 is 11.6 Å². The second-order valence-corrected chi connectivity index (χ2v) is 7.50. The second-order valence-electron chi connectivity index (χ2n) is 7.09. The molecule has 9 heteroatoms. The molecular formula is C22H26ClFO7. The van der Waals surface area contributed by atoms with E-state index in [1.807, 2.05) is 0 Å². The Morgan fingerprint density at radius 1 is 1.23 bits per heavy atom. The molecule has 0 aliphatic carbocycles. The van der Waals surface area contributed by atoms with Gasteiger partial charge in [-0.15, -0.1) is 0 Å². The number of rotatable bonds is 7. The first-order valence-corrected chi connectivity index (χ1v) is 9.69. The summed E-state index contributed by atoms with van der Waals surface area (Å²) < 4.78 is 67.0. The molecule has 0 saturated carbocycles. The topological polar surface area (TPSA) is 109 Å². The first-order valence-electron chi connectivity index (χ1n) is 11.8. The van der Waals surface area contributed by atoms with Gasteiger partial charge < -0.3 is 34.6 Å². The zero-order valence-corrected chi connectivity index (χ0v) is 17.2. The van der Waals surface area contributed by atoms with Gasteiger partial charge in [-0.25, -0.2) is 4.39 Å². The SMILES string of the molecule is [2H]C([2H])([2H])C([2H])([2H])Oc1ccc(Cc2cc([C@]3(OC)O[C@H](CO)[C@@H](O)[C@H](O)[C@H]3O)ccc2Cl)cc1F. The van der Waals surface area contributed by atoms with E-state index >= 15 is 0 Å². The summed E-state index contributed by atoms with van der Waals surface area (Å²) in [6.45, 7) is -6.90. The van der Waals surface area contributed by atoms with Crippen LogP contribution in [0.25, 0.3) is 0 Å². The van der Waals surface area contributed by atoms with Crippen molar-refractivity contribution < 1.29 is 45.9 Å². The van der Waals surface area contributed by atoms with Crippen molar-refractivity contribution in [2.24, 2.45) is 0 Å². The maximum absolute atomic E-state index is 14.6. The predicted octanol–water partition coefficient (Wildman–Crippen LogP) is 1.74. The number of halogens is 2. The van der Waals surface area contributed by atoms with Crippen molar-refractivity contribution in [2.45, 2.75) is 43.5 Å². The van der Waals surface area contributed by atoms with Gasteiger partial charge in [0.15, 0.2) is 11.6 Å². The zero-order chi connectivity index (χ0) is 27.1. The smallest absolute Gasteiger partial charge is 0.224 e. The highest BCUT2D eigenvalue weighted by atomic mass is 35.5. The summed E-state index contributed by atoms with van der Waals surface area (Å²) in [7, 11) is 1.21. The zero-order valence-electron chi connectivity index (χ0n) is 21.5. The Balaban J connectivity index is 1.92. The summed E-state index contributed by atoms with van der Waals surface area (Å²) in [5.74, 6) is -3.54. The minimum atomic E-state index is -3.13. The molecular weight excluding hydrogens is 431 g/mol. The molecule has 0 bridgehead atoms. The lowest BCUT2D eigenvalue weighted by molar-refractivity contribution is -0.366. The van der Waals surface area contributed by atoms with Crippen LogP contribution in [0.2, 0.25) is 5.02 Å². The third kappa shape index (κ3) is 4.56. The molecule has 1 aliphatic heterocycles. The maximum atomic E-state index is 14.6. The van der Waals surface area contributed by atoms with Gasteiger partial charge in [-0.3, -0.25) is 0 Å². The van der Waals surface area contributed by atoms with E-state index < -0.39 is 61.8 Å². The monoisotopic (exact) mass is 461 g/mol. The van der Waals surface area contributed by atoms with Gasteiger partial charge >= 0.3 is 0 Å². The highest BCUT2D eigenvalue weighted by Gasteiger charge is 2.55. The fraction of sp³-hybridized carbons (Fsp3) is 0.455. The van der Waals surface area contributed by atoms with Crippen LogP contribution in [0, 0.1) is 5.82 Å². The van der Waals surface area contributed by atoms with Gasteiger partial charge in [0.25, 0.3) is 0 Å². The Hall–Kier alpha value is -1.78. The molecule has 1 fully saturated rings. The highest BCUT2D eigenvalue weighted by Crippen LogP contribution is 2.40.